The first-order chi connectivity index (χ1) is 14.2. The van der Waals surface area contributed by atoms with Crippen molar-refractivity contribution in [2.45, 2.75) is 32.0 Å². The van der Waals surface area contributed by atoms with Crippen molar-refractivity contribution >= 4 is 11.8 Å². The number of amides is 2. The highest BCUT2D eigenvalue weighted by atomic mass is 19.1. The molecule has 2 aliphatic heterocycles. The zero-order valence-corrected chi connectivity index (χ0v) is 16.1. The molecule has 4 rings (SSSR count). The maximum atomic E-state index is 13.8. The number of rotatable bonds is 4. The molecule has 2 amide bonds. The Balaban J connectivity index is 1.75. The van der Waals surface area contributed by atoms with E-state index in [9.17, 15) is 28.3 Å². The standard InChI is InChI=1S/C20H20F2N4O4/c1-2-25-8-11-6-13(23)15-14(17(27)18(28)16(20(25)30)26(11)15)19(29)24-7-9-3-4-10(21)5-12(9)22/h3-5,11,13,28H,2,6-8,23H2,1H3,(H,24,29)/t11?,13-/m1/s1. The molecular weight excluding hydrogens is 398 g/mol. The predicted octanol–water partition coefficient (Wildman–Crippen LogP) is 1.18. The smallest absolute Gasteiger partial charge is 0.274 e. The predicted molar refractivity (Wildman–Crippen MR) is 102 cm³/mol. The molecule has 4 N–H and O–H groups in total. The number of nitrogens with zero attached hydrogens (tertiary/aromatic N) is 2. The van der Waals surface area contributed by atoms with E-state index >= 15 is 0 Å². The van der Waals surface area contributed by atoms with Gasteiger partial charge < -0.3 is 25.6 Å². The number of halogens is 2. The Bertz CT molecular complexity index is 1130. The highest BCUT2D eigenvalue weighted by molar-refractivity contribution is 6.00. The van der Waals surface area contributed by atoms with Gasteiger partial charge in [-0.15, -0.1) is 0 Å². The number of carbonyl (C=O) groups is 2. The topological polar surface area (TPSA) is 118 Å². The van der Waals surface area contributed by atoms with Gasteiger partial charge in [-0.25, -0.2) is 8.78 Å². The van der Waals surface area contributed by atoms with Gasteiger partial charge >= 0.3 is 0 Å². The van der Waals surface area contributed by atoms with Crippen LogP contribution in [0.15, 0.2) is 23.0 Å². The fourth-order valence-corrected chi connectivity index (χ4v) is 4.22. The third-order valence-electron chi connectivity index (χ3n) is 5.65. The number of hydrogen-bond acceptors (Lipinski definition) is 5. The Morgan fingerprint density at radius 3 is 2.73 bits per heavy atom. The Labute approximate surface area is 169 Å². The van der Waals surface area contributed by atoms with Gasteiger partial charge in [0.2, 0.25) is 5.43 Å². The second-order valence-electron chi connectivity index (χ2n) is 7.41. The highest BCUT2D eigenvalue weighted by Crippen LogP contribution is 2.40. The van der Waals surface area contributed by atoms with Crippen molar-refractivity contribution in [1.82, 2.24) is 14.8 Å². The molecule has 2 atom stereocenters. The van der Waals surface area contributed by atoms with E-state index in [2.05, 4.69) is 5.32 Å². The molecule has 2 aliphatic rings. The van der Waals surface area contributed by atoms with E-state index in [1.54, 1.807) is 6.92 Å². The summed E-state index contributed by atoms with van der Waals surface area (Å²) >= 11 is 0. The van der Waals surface area contributed by atoms with Gasteiger partial charge in [-0.2, -0.15) is 0 Å². The van der Waals surface area contributed by atoms with Gasteiger partial charge in [0, 0.05) is 37.3 Å². The molecule has 30 heavy (non-hydrogen) atoms. The lowest BCUT2D eigenvalue weighted by Gasteiger charge is -2.33. The molecule has 0 saturated heterocycles. The summed E-state index contributed by atoms with van der Waals surface area (Å²) < 4.78 is 28.4. The SMILES string of the molecule is CCN1CC2C[C@@H](N)c3c(C(=O)NCc4ccc(F)cc4F)c(=O)c(O)c(n32)C1=O. The number of nitrogens with two attached hydrogens (primary N) is 1. The number of carbonyl (C=O) groups excluding carboxylic acids is 2. The molecule has 10 heteroatoms. The average Bonchev–Trinajstić information content (AvgIpc) is 3.02. The molecule has 3 heterocycles. The van der Waals surface area contributed by atoms with Gasteiger partial charge in [0.15, 0.2) is 11.4 Å². The van der Waals surface area contributed by atoms with Crippen molar-refractivity contribution < 1.29 is 23.5 Å². The molecule has 2 aromatic rings. The largest absolute Gasteiger partial charge is 0.503 e. The fourth-order valence-electron chi connectivity index (χ4n) is 4.22. The monoisotopic (exact) mass is 418 g/mol. The summed E-state index contributed by atoms with van der Waals surface area (Å²) in [6.07, 6.45) is 0.395. The van der Waals surface area contributed by atoms with E-state index in [1.807, 2.05) is 0 Å². The normalized spacial score (nSPS) is 19.7. The van der Waals surface area contributed by atoms with Gasteiger partial charge in [-0.05, 0) is 19.4 Å². The Hall–Kier alpha value is -3.27. The van der Waals surface area contributed by atoms with Crippen molar-refractivity contribution in [3.63, 3.8) is 0 Å². The molecular formula is C20H20F2N4O4. The van der Waals surface area contributed by atoms with Crippen LogP contribution in [0.2, 0.25) is 0 Å². The van der Waals surface area contributed by atoms with Crippen molar-refractivity contribution in [1.29, 1.82) is 0 Å². The molecule has 1 aromatic heterocycles. The highest BCUT2D eigenvalue weighted by Gasteiger charge is 2.43. The minimum absolute atomic E-state index is 0.0272. The number of pyridine rings is 1. The quantitative estimate of drug-likeness (QED) is 0.689. The van der Waals surface area contributed by atoms with Gasteiger partial charge in [0.05, 0.1) is 11.7 Å². The van der Waals surface area contributed by atoms with E-state index in [1.165, 1.54) is 15.5 Å². The van der Waals surface area contributed by atoms with Crippen LogP contribution in [0.25, 0.3) is 0 Å². The number of aromatic nitrogens is 1. The molecule has 0 saturated carbocycles. The van der Waals surface area contributed by atoms with E-state index in [4.69, 9.17) is 5.73 Å². The van der Waals surface area contributed by atoms with Crippen molar-refractivity contribution in [3.05, 3.63) is 62.6 Å². The Kier molecular flexibility index (Phi) is 4.81. The van der Waals surface area contributed by atoms with Crippen molar-refractivity contribution in [2.24, 2.45) is 5.73 Å². The summed E-state index contributed by atoms with van der Waals surface area (Å²) in [5.41, 5.74) is 4.86. The Morgan fingerprint density at radius 2 is 2.07 bits per heavy atom. The van der Waals surface area contributed by atoms with Crippen LogP contribution < -0.4 is 16.5 Å². The second kappa shape index (κ2) is 7.21. The van der Waals surface area contributed by atoms with Gasteiger partial charge in [0.25, 0.3) is 11.8 Å². The fraction of sp³-hybridized carbons (Fsp3) is 0.350. The summed E-state index contributed by atoms with van der Waals surface area (Å²) in [5, 5.41) is 12.9. The average molecular weight is 418 g/mol. The molecule has 158 valence electrons. The minimum atomic E-state index is -1.00. The molecule has 0 aliphatic carbocycles. The first-order valence-electron chi connectivity index (χ1n) is 9.52. The molecule has 1 aromatic carbocycles. The zero-order chi connectivity index (χ0) is 21.7. The number of benzene rings is 1. The lowest BCUT2D eigenvalue weighted by atomic mass is 10.0. The Morgan fingerprint density at radius 1 is 1.33 bits per heavy atom. The van der Waals surface area contributed by atoms with Crippen molar-refractivity contribution in [3.8, 4) is 5.75 Å². The third kappa shape index (κ3) is 2.95. The van der Waals surface area contributed by atoms with Crippen LogP contribution in [0, 0.1) is 11.6 Å². The molecule has 0 radical (unpaired) electrons. The van der Waals surface area contributed by atoms with Crippen LogP contribution in [-0.4, -0.2) is 39.5 Å². The summed E-state index contributed by atoms with van der Waals surface area (Å²) in [4.78, 5) is 39.8. The van der Waals surface area contributed by atoms with E-state index in [0.717, 1.165) is 6.07 Å². The third-order valence-corrected chi connectivity index (χ3v) is 5.65. The molecule has 0 fully saturated rings. The van der Waals surface area contributed by atoms with E-state index < -0.39 is 40.7 Å². The maximum absolute atomic E-state index is 13.8. The summed E-state index contributed by atoms with van der Waals surface area (Å²) in [6, 6.07) is 1.97. The molecule has 0 spiro atoms. The molecule has 0 bridgehead atoms. The van der Waals surface area contributed by atoms with Gasteiger partial charge in [0.1, 0.15) is 17.2 Å². The zero-order valence-electron chi connectivity index (χ0n) is 16.1. The molecule has 8 nitrogen and oxygen atoms in total. The van der Waals surface area contributed by atoms with E-state index in [-0.39, 0.29) is 35.1 Å². The number of aromatic hydroxyl groups is 1. The number of hydrogen-bond donors (Lipinski definition) is 3. The second-order valence-corrected chi connectivity index (χ2v) is 7.41. The van der Waals surface area contributed by atoms with Crippen LogP contribution in [0.5, 0.6) is 5.75 Å². The van der Waals surface area contributed by atoms with Crippen LogP contribution >= 0.6 is 0 Å². The van der Waals surface area contributed by atoms with Crippen LogP contribution in [0.3, 0.4) is 0 Å². The lowest BCUT2D eigenvalue weighted by Crippen LogP contribution is -2.44. The van der Waals surface area contributed by atoms with Gasteiger partial charge in [-0.1, -0.05) is 6.07 Å². The summed E-state index contributed by atoms with van der Waals surface area (Å²) in [6.45, 7) is 2.24. The van der Waals surface area contributed by atoms with Crippen molar-refractivity contribution in [2.75, 3.05) is 13.1 Å². The van der Waals surface area contributed by atoms with Crippen LogP contribution in [0.1, 0.15) is 57.5 Å². The number of likely N-dealkylation sites (N-methyl/N-ethyl adjacent to an activating group) is 1. The first kappa shape index (κ1) is 20.0. The van der Waals surface area contributed by atoms with Crippen LogP contribution in [-0.2, 0) is 6.54 Å². The lowest BCUT2D eigenvalue weighted by molar-refractivity contribution is 0.0675. The summed E-state index contributed by atoms with van der Waals surface area (Å²) in [5.74, 6) is -3.76. The van der Waals surface area contributed by atoms with E-state index in [0.29, 0.717) is 25.6 Å². The molecule has 1 unspecified atom stereocenters. The first-order valence-corrected chi connectivity index (χ1v) is 9.52. The number of nitrogens with one attached hydrogen (secondary N) is 1. The van der Waals surface area contributed by atoms with Crippen LogP contribution in [0.4, 0.5) is 8.78 Å². The maximum Gasteiger partial charge on any atom is 0.274 e. The minimum Gasteiger partial charge on any atom is -0.503 e. The van der Waals surface area contributed by atoms with Gasteiger partial charge in [-0.3, -0.25) is 14.4 Å². The summed E-state index contributed by atoms with van der Waals surface area (Å²) in [7, 11) is 0.